The third kappa shape index (κ3) is 3.48. The van der Waals surface area contributed by atoms with Crippen LogP contribution in [0.4, 0.5) is 5.69 Å². The van der Waals surface area contributed by atoms with Gasteiger partial charge in [-0.25, -0.2) is 0 Å². The summed E-state index contributed by atoms with van der Waals surface area (Å²) in [5, 5.41) is 10.8. The zero-order valence-corrected chi connectivity index (χ0v) is 14.0. The molecular formula is C17H14N2O5S. The minimum atomic E-state index is -0.921. The standard InChI is InChI=1S/C17H14N2O5S/c1-11(20)24-16-15(12-7-9-13(10-8-12)19(22)23)18(17(16)21)25-14-5-3-2-4-6-14/h2-10,15-16H,1H3/t15-,16-/m0/s1. The number of rotatable bonds is 5. The van der Waals surface area contributed by atoms with Gasteiger partial charge in [-0.05, 0) is 41.8 Å². The normalized spacial score (nSPS) is 19.2. The Labute approximate surface area is 147 Å². The van der Waals surface area contributed by atoms with E-state index in [9.17, 15) is 19.7 Å². The lowest BCUT2D eigenvalue weighted by Crippen LogP contribution is -2.56. The van der Waals surface area contributed by atoms with Gasteiger partial charge >= 0.3 is 5.97 Å². The lowest BCUT2D eigenvalue weighted by molar-refractivity contribution is -0.384. The molecule has 8 heteroatoms. The van der Waals surface area contributed by atoms with Crippen molar-refractivity contribution >= 4 is 29.5 Å². The van der Waals surface area contributed by atoms with Gasteiger partial charge in [-0.2, -0.15) is 0 Å². The first-order valence-corrected chi connectivity index (χ1v) is 8.22. The number of carbonyl (C=O) groups excluding carboxylic acids is 2. The molecule has 1 amide bonds. The van der Waals surface area contributed by atoms with Crippen LogP contribution in [0.25, 0.3) is 0 Å². The molecule has 1 fully saturated rings. The number of non-ortho nitro benzene ring substituents is 1. The van der Waals surface area contributed by atoms with Crippen LogP contribution in [0.2, 0.25) is 0 Å². The second-order valence-electron chi connectivity index (χ2n) is 5.39. The quantitative estimate of drug-likeness (QED) is 0.268. The molecule has 1 heterocycles. The van der Waals surface area contributed by atoms with Gasteiger partial charge in [-0.1, -0.05) is 18.2 Å². The van der Waals surface area contributed by atoms with E-state index < -0.39 is 23.0 Å². The zero-order valence-electron chi connectivity index (χ0n) is 13.2. The maximum absolute atomic E-state index is 12.4. The number of carbonyl (C=O) groups is 2. The fourth-order valence-electron chi connectivity index (χ4n) is 2.53. The van der Waals surface area contributed by atoms with Crippen LogP contribution in [0.1, 0.15) is 18.5 Å². The van der Waals surface area contributed by atoms with Crippen LogP contribution in [0.3, 0.4) is 0 Å². The maximum Gasteiger partial charge on any atom is 0.303 e. The highest BCUT2D eigenvalue weighted by Crippen LogP contribution is 2.44. The number of hydrogen-bond acceptors (Lipinski definition) is 6. The Morgan fingerprint density at radius 1 is 1.16 bits per heavy atom. The number of nitro benzene ring substituents is 1. The van der Waals surface area contributed by atoms with E-state index in [-0.39, 0.29) is 11.6 Å². The molecule has 2 aromatic carbocycles. The Morgan fingerprint density at radius 3 is 2.36 bits per heavy atom. The molecular weight excluding hydrogens is 344 g/mol. The largest absolute Gasteiger partial charge is 0.450 e. The predicted molar refractivity (Wildman–Crippen MR) is 90.5 cm³/mol. The van der Waals surface area contributed by atoms with E-state index >= 15 is 0 Å². The first-order chi connectivity index (χ1) is 12.0. The summed E-state index contributed by atoms with van der Waals surface area (Å²) in [5.74, 6) is -0.859. The van der Waals surface area contributed by atoms with Crippen molar-refractivity contribution in [1.29, 1.82) is 0 Å². The topological polar surface area (TPSA) is 89.8 Å². The summed E-state index contributed by atoms with van der Waals surface area (Å²) in [4.78, 5) is 34.8. The van der Waals surface area contributed by atoms with Crippen molar-refractivity contribution < 1.29 is 19.2 Å². The minimum Gasteiger partial charge on any atom is -0.450 e. The van der Waals surface area contributed by atoms with Crippen LogP contribution in [-0.4, -0.2) is 27.2 Å². The molecule has 1 aliphatic rings. The van der Waals surface area contributed by atoms with E-state index in [4.69, 9.17) is 4.74 Å². The summed E-state index contributed by atoms with van der Waals surface area (Å²) in [6, 6.07) is 14.7. The highest BCUT2D eigenvalue weighted by molar-refractivity contribution is 7.97. The Balaban J connectivity index is 1.87. The molecule has 128 valence electrons. The molecule has 7 nitrogen and oxygen atoms in total. The summed E-state index contributed by atoms with van der Waals surface area (Å²) >= 11 is 1.24. The lowest BCUT2D eigenvalue weighted by atomic mass is 9.93. The fourth-order valence-corrected chi connectivity index (χ4v) is 3.58. The Bertz CT molecular complexity index is 810. The van der Waals surface area contributed by atoms with Gasteiger partial charge in [0.05, 0.1) is 4.92 Å². The molecule has 25 heavy (non-hydrogen) atoms. The number of amides is 1. The van der Waals surface area contributed by atoms with Crippen LogP contribution in [0.15, 0.2) is 59.5 Å². The third-order valence-electron chi connectivity index (χ3n) is 3.69. The zero-order chi connectivity index (χ0) is 18.0. The Kier molecular flexibility index (Phi) is 4.71. The molecule has 2 atom stereocenters. The van der Waals surface area contributed by atoms with Crippen LogP contribution in [0, 0.1) is 10.1 Å². The summed E-state index contributed by atoms with van der Waals surface area (Å²) in [6.07, 6.45) is -0.921. The Hall–Kier alpha value is -2.87. The fraction of sp³-hybridized carbons (Fsp3) is 0.176. The van der Waals surface area contributed by atoms with Crippen molar-refractivity contribution in [2.45, 2.75) is 24.0 Å². The van der Waals surface area contributed by atoms with E-state index in [1.165, 1.54) is 35.3 Å². The molecule has 2 aromatic rings. The van der Waals surface area contributed by atoms with E-state index in [0.717, 1.165) is 4.90 Å². The monoisotopic (exact) mass is 358 g/mol. The van der Waals surface area contributed by atoms with Crippen molar-refractivity contribution in [3.63, 3.8) is 0 Å². The number of nitro groups is 1. The Morgan fingerprint density at radius 2 is 1.80 bits per heavy atom. The van der Waals surface area contributed by atoms with Gasteiger partial charge in [0.1, 0.15) is 6.04 Å². The number of benzene rings is 2. The molecule has 0 aliphatic carbocycles. The summed E-state index contributed by atoms with van der Waals surface area (Å²) < 4.78 is 6.65. The van der Waals surface area contributed by atoms with Gasteiger partial charge in [0.2, 0.25) is 6.10 Å². The second kappa shape index (κ2) is 6.94. The molecule has 0 aromatic heterocycles. The van der Waals surface area contributed by atoms with Crippen LogP contribution < -0.4 is 0 Å². The van der Waals surface area contributed by atoms with Crippen molar-refractivity contribution in [3.8, 4) is 0 Å². The summed E-state index contributed by atoms with van der Waals surface area (Å²) in [7, 11) is 0. The molecule has 0 unspecified atom stereocenters. The summed E-state index contributed by atoms with van der Waals surface area (Å²) in [6.45, 7) is 1.24. The first-order valence-electron chi connectivity index (χ1n) is 7.45. The third-order valence-corrected chi connectivity index (χ3v) is 4.77. The highest BCUT2D eigenvalue weighted by atomic mass is 32.2. The molecule has 1 saturated heterocycles. The van der Waals surface area contributed by atoms with Crippen molar-refractivity contribution in [3.05, 3.63) is 70.3 Å². The molecule has 0 saturated carbocycles. The molecule has 0 radical (unpaired) electrons. The van der Waals surface area contributed by atoms with Crippen molar-refractivity contribution in [2.75, 3.05) is 0 Å². The van der Waals surface area contributed by atoms with Crippen LogP contribution in [-0.2, 0) is 14.3 Å². The molecule has 0 bridgehead atoms. The average Bonchev–Trinajstić information content (AvgIpc) is 2.61. The number of nitrogens with zero attached hydrogens (tertiary/aromatic N) is 2. The van der Waals surface area contributed by atoms with Crippen LogP contribution >= 0.6 is 11.9 Å². The van der Waals surface area contributed by atoms with Crippen molar-refractivity contribution in [1.82, 2.24) is 4.31 Å². The van der Waals surface area contributed by atoms with Crippen molar-refractivity contribution in [2.24, 2.45) is 0 Å². The molecule has 1 aliphatic heterocycles. The number of esters is 1. The van der Waals surface area contributed by atoms with Gasteiger partial charge < -0.3 is 4.74 Å². The van der Waals surface area contributed by atoms with Gasteiger partial charge in [0.15, 0.2) is 0 Å². The summed E-state index contributed by atoms with van der Waals surface area (Å²) in [5.41, 5.74) is 0.626. The van der Waals surface area contributed by atoms with E-state index in [1.54, 1.807) is 12.1 Å². The highest BCUT2D eigenvalue weighted by Gasteiger charge is 2.51. The van der Waals surface area contributed by atoms with Gasteiger partial charge in [-0.3, -0.25) is 24.0 Å². The number of hydrogen-bond donors (Lipinski definition) is 0. The minimum absolute atomic E-state index is 0.0410. The predicted octanol–water partition coefficient (Wildman–Crippen LogP) is 3.12. The smallest absolute Gasteiger partial charge is 0.303 e. The molecule has 0 spiro atoms. The molecule has 0 N–H and O–H groups in total. The van der Waals surface area contributed by atoms with Crippen LogP contribution in [0.5, 0.6) is 0 Å². The molecule has 3 rings (SSSR count). The van der Waals surface area contributed by atoms with Gasteiger partial charge in [-0.15, -0.1) is 0 Å². The maximum atomic E-state index is 12.4. The number of ether oxygens (including phenoxy) is 1. The first kappa shape index (κ1) is 17.0. The SMILES string of the molecule is CC(=O)O[C@@H]1C(=O)N(Sc2ccccc2)[C@H]1c1ccc([N+](=O)[O-])cc1. The average molecular weight is 358 g/mol. The number of β-lactam (4-membered cyclic amide) rings is 1. The second-order valence-corrected chi connectivity index (χ2v) is 6.44. The van der Waals surface area contributed by atoms with E-state index in [0.29, 0.717) is 5.56 Å². The van der Waals surface area contributed by atoms with E-state index in [2.05, 4.69) is 0 Å². The lowest BCUT2D eigenvalue weighted by Gasteiger charge is -2.44. The van der Waals surface area contributed by atoms with Gasteiger partial charge in [0.25, 0.3) is 11.6 Å². The van der Waals surface area contributed by atoms with Gasteiger partial charge in [0, 0.05) is 24.0 Å². The van der Waals surface area contributed by atoms with E-state index in [1.807, 2.05) is 30.3 Å².